The summed E-state index contributed by atoms with van der Waals surface area (Å²) in [7, 11) is 0. The van der Waals surface area contributed by atoms with Crippen molar-refractivity contribution in [1.29, 1.82) is 0 Å². The molecule has 14 aromatic rings. The molecule has 12 aromatic carbocycles. The molecule has 14 rings (SSSR count). The molecule has 0 saturated carbocycles. The molecule has 0 aliphatic rings. The van der Waals surface area contributed by atoms with Gasteiger partial charge in [0, 0.05) is 37.0 Å². The minimum absolute atomic E-state index is 1.05. The first-order valence-corrected chi connectivity index (χ1v) is 22.2. The fourth-order valence-electron chi connectivity index (χ4n) is 11.1. The smallest absolute Gasteiger partial charge is 0.0888 e. The fourth-order valence-corrected chi connectivity index (χ4v) is 13.3. The molecule has 0 aliphatic heterocycles. The average Bonchev–Trinajstić information content (AvgIpc) is 4.03. The van der Waals surface area contributed by atoms with E-state index in [0.29, 0.717) is 0 Å². The van der Waals surface area contributed by atoms with E-state index in [1.165, 1.54) is 169 Å². The zero-order valence-corrected chi connectivity index (χ0v) is 33.1. The third-order valence-corrected chi connectivity index (χ3v) is 15.7. The number of rotatable bonds is 7. The Morgan fingerprint density at radius 1 is 0.404 bits per heavy atom. The number of nitrogens with one attached hydrogen (secondary N) is 1. The molecular weight excluding hydrogens is 727 g/mol. The maximum Gasteiger partial charge on any atom is 0.0888 e. The van der Waals surface area contributed by atoms with E-state index in [2.05, 4.69) is 140 Å². The number of hydrogen-bond donors (Lipinski definition) is 1. The number of hydrogen-bond acceptors (Lipinski definition) is 3. The molecular formula is C54H35NS2. The molecule has 0 bridgehead atoms. The standard InChI is InChI=1S/C54H35NS2/c1-2-3-4-9-22-55-44-21-20-42(56-44)28-14-17-37-43(27-28)57-54-41-26-32-24-29-15-18-38-49-35-12-7-5-10-33(35)34-11-6-8-13-36(34)50(49)40-25-31-23-30-16-19-39(53(37)54)52(41)46(30)48(32)47(31)45(29)51(38)40/h5-8,10-21,23-27,55H,2-4,9,22H2,1H3. The molecule has 0 aliphatic carbocycles. The highest BCUT2D eigenvalue weighted by Gasteiger charge is 2.26. The van der Waals surface area contributed by atoms with Crippen LogP contribution in [0, 0.1) is 0 Å². The van der Waals surface area contributed by atoms with Crippen LogP contribution in [0.4, 0.5) is 5.00 Å². The van der Waals surface area contributed by atoms with Gasteiger partial charge in [-0.3, -0.25) is 0 Å². The predicted octanol–water partition coefficient (Wildman–Crippen LogP) is 17.1. The highest BCUT2D eigenvalue weighted by molar-refractivity contribution is 7.27. The second kappa shape index (κ2) is 11.1. The van der Waals surface area contributed by atoms with Gasteiger partial charge in [-0.25, -0.2) is 0 Å². The lowest BCUT2D eigenvalue weighted by Gasteiger charge is -2.18. The summed E-state index contributed by atoms with van der Waals surface area (Å²) in [5.41, 5.74) is 1.31. The monoisotopic (exact) mass is 761 g/mol. The van der Waals surface area contributed by atoms with E-state index in [9.17, 15) is 0 Å². The summed E-state index contributed by atoms with van der Waals surface area (Å²) in [4.78, 5) is 1.33. The number of thiophene rings is 2. The Kier molecular flexibility index (Phi) is 6.06. The van der Waals surface area contributed by atoms with Gasteiger partial charge in [-0.1, -0.05) is 111 Å². The van der Waals surface area contributed by atoms with Crippen LogP contribution in [0.15, 0.2) is 127 Å². The van der Waals surface area contributed by atoms with E-state index in [1.54, 1.807) is 0 Å². The molecule has 1 N–H and O–H groups in total. The van der Waals surface area contributed by atoms with Crippen molar-refractivity contribution in [3.8, 4) is 10.4 Å². The van der Waals surface area contributed by atoms with Gasteiger partial charge in [0.1, 0.15) is 0 Å². The zero-order chi connectivity index (χ0) is 37.1. The van der Waals surface area contributed by atoms with Gasteiger partial charge in [-0.15, -0.1) is 22.7 Å². The van der Waals surface area contributed by atoms with Crippen molar-refractivity contribution in [3.05, 3.63) is 127 Å². The van der Waals surface area contributed by atoms with Gasteiger partial charge in [0.05, 0.1) is 5.00 Å². The lowest BCUT2D eigenvalue weighted by Crippen LogP contribution is -1.98. The third kappa shape index (κ3) is 3.94. The Morgan fingerprint density at radius 3 is 1.72 bits per heavy atom. The average molecular weight is 762 g/mol. The van der Waals surface area contributed by atoms with Crippen molar-refractivity contribution in [2.24, 2.45) is 0 Å². The summed E-state index contributed by atoms with van der Waals surface area (Å²) in [6.45, 7) is 3.32. The van der Waals surface area contributed by atoms with Gasteiger partial charge in [0.15, 0.2) is 0 Å². The second-order valence-corrected chi connectivity index (χ2v) is 18.6. The Labute approximate surface area is 336 Å². The van der Waals surface area contributed by atoms with Crippen LogP contribution in [0.1, 0.15) is 32.6 Å². The Balaban J connectivity index is 1.02. The normalized spacial score (nSPS) is 13.0. The summed E-state index contributed by atoms with van der Waals surface area (Å²) < 4.78 is 2.80. The molecule has 0 saturated heterocycles. The van der Waals surface area contributed by atoms with E-state index in [-0.39, 0.29) is 0 Å². The lowest BCUT2D eigenvalue weighted by atomic mass is 9.85. The summed E-state index contributed by atoms with van der Waals surface area (Å²) in [5, 5.41) is 35.4. The second-order valence-electron chi connectivity index (χ2n) is 16.5. The van der Waals surface area contributed by atoms with Crippen LogP contribution < -0.4 is 5.32 Å². The molecule has 3 heteroatoms. The topological polar surface area (TPSA) is 12.0 Å². The van der Waals surface area contributed by atoms with Gasteiger partial charge in [-0.2, -0.15) is 0 Å². The molecule has 2 heterocycles. The lowest BCUT2D eigenvalue weighted by molar-refractivity contribution is 0.685. The van der Waals surface area contributed by atoms with E-state index in [1.807, 2.05) is 22.7 Å². The summed E-state index contributed by atoms with van der Waals surface area (Å²) in [6, 6.07) is 49.5. The first-order chi connectivity index (χ1) is 28.2. The molecule has 0 fully saturated rings. The highest BCUT2D eigenvalue weighted by atomic mass is 32.1. The van der Waals surface area contributed by atoms with Gasteiger partial charge in [0.2, 0.25) is 0 Å². The largest absolute Gasteiger partial charge is 0.377 e. The molecule has 0 unspecified atom stereocenters. The molecule has 0 spiro atoms. The SMILES string of the molecule is CCCCCCNc1ccc(-c2ccc3c(c2)sc2c4cc5cc6ccc7c8c9ccccc9c9ccccc9c8c8cc9cc%10ccc(c32)c4c%10c5c9c6c78)s1. The molecule has 268 valence electrons. The Bertz CT molecular complexity index is 3940. The van der Waals surface area contributed by atoms with Crippen LogP contribution in [0.25, 0.3) is 138 Å². The van der Waals surface area contributed by atoms with Crippen LogP contribution in [-0.4, -0.2) is 6.54 Å². The fraction of sp³-hybridized carbons (Fsp3) is 0.111. The van der Waals surface area contributed by atoms with Gasteiger partial charge in [-0.05, 0) is 157 Å². The van der Waals surface area contributed by atoms with Crippen molar-refractivity contribution < 1.29 is 0 Å². The first kappa shape index (κ1) is 31.1. The van der Waals surface area contributed by atoms with Crippen molar-refractivity contribution in [3.63, 3.8) is 0 Å². The maximum atomic E-state index is 3.67. The van der Waals surface area contributed by atoms with Crippen molar-refractivity contribution in [2.75, 3.05) is 11.9 Å². The van der Waals surface area contributed by atoms with Crippen LogP contribution in [-0.2, 0) is 0 Å². The van der Waals surface area contributed by atoms with E-state index in [4.69, 9.17) is 0 Å². The highest BCUT2D eigenvalue weighted by Crippen LogP contribution is 2.55. The first-order valence-electron chi connectivity index (χ1n) is 20.6. The van der Waals surface area contributed by atoms with Crippen molar-refractivity contribution in [2.45, 2.75) is 32.6 Å². The number of unbranched alkanes of at least 4 members (excludes halogenated alkanes) is 3. The minimum Gasteiger partial charge on any atom is -0.377 e. The van der Waals surface area contributed by atoms with Crippen LogP contribution in [0.2, 0.25) is 0 Å². The van der Waals surface area contributed by atoms with Gasteiger partial charge < -0.3 is 5.32 Å². The van der Waals surface area contributed by atoms with Crippen LogP contribution >= 0.6 is 22.7 Å². The van der Waals surface area contributed by atoms with Crippen molar-refractivity contribution in [1.82, 2.24) is 0 Å². The number of anilines is 1. The molecule has 0 radical (unpaired) electrons. The van der Waals surface area contributed by atoms with Crippen molar-refractivity contribution >= 4 is 156 Å². The van der Waals surface area contributed by atoms with Crippen LogP contribution in [0.3, 0.4) is 0 Å². The number of benzene rings is 10. The van der Waals surface area contributed by atoms with Crippen LogP contribution in [0.5, 0.6) is 0 Å². The third-order valence-electron chi connectivity index (χ3n) is 13.5. The zero-order valence-electron chi connectivity index (χ0n) is 31.5. The Hall–Kier alpha value is -6.00. The van der Waals surface area contributed by atoms with E-state index in [0.717, 1.165) is 6.54 Å². The Morgan fingerprint density at radius 2 is 1.00 bits per heavy atom. The molecule has 1 nitrogen and oxygen atoms in total. The van der Waals surface area contributed by atoms with Gasteiger partial charge in [0.25, 0.3) is 0 Å². The summed E-state index contributed by atoms with van der Waals surface area (Å²) >= 11 is 3.85. The minimum atomic E-state index is 1.05. The molecule has 57 heavy (non-hydrogen) atoms. The van der Waals surface area contributed by atoms with E-state index >= 15 is 0 Å². The molecule has 0 atom stereocenters. The summed E-state index contributed by atoms with van der Waals surface area (Å²) in [6.07, 6.45) is 5.13. The maximum absolute atomic E-state index is 3.67. The summed E-state index contributed by atoms with van der Waals surface area (Å²) in [5.74, 6) is 0. The molecule has 0 amide bonds. The predicted molar refractivity (Wildman–Crippen MR) is 255 cm³/mol. The quantitative estimate of drug-likeness (QED) is 0.0969. The molecule has 2 aromatic heterocycles. The van der Waals surface area contributed by atoms with E-state index < -0.39 is 0 Å². The number of fused-ring (bicyclic) bond motifs is 13. The van der Waals surface area contributed by atoms with Gasteiger partial charge >= 0.3 is 0 Å².